The average Bonchev–Trinajstić information content (AvgIpc) is 3.33. The molecule has 2 aliphatic rings. The van der Waals surface area contributed by atoms with Crippen molar-refractivity contribution in [1.82, 2.24) is 5.32 Å². The first-order valence-corrected chi connectivity index (χ1v) is 11.6. The molecule has 1 aromatic carbocycles. The first kappa shape index (κ1) is 23.5. The first-order chi connectivity index (χ1) is 16.4. The van der Waals surface area contributed by atoms with Gasteiger partial charge in [-0.3, -0.25) is 9.59 Å². The smallest absolute Gasteiger partial charge is 0.336 e. The van der Waals surface area contributed by atoms with E-state index in [0.717, 1.165) is 11.1 Å². The topological polar surface area (TPSA) is 94.8 Å². The number of hydrogen-bond donors (Lipinski definition) is 1. The van der Waals surface area contributed by atoms with Crippen LogP contribution in [-0.4, -0.2) is 30.9 Å². The van der Waals surface area contributed by atoms with Crippen molar-refractivity contribution in [2.24, 2.45) is 5.92 Å². The Labute approximate surface area is 198 Å². The Morgan fingerprint density at radius 2 is 1.79 bits per heavy atom. The Hall–Kier alpha value is -3.61. The monoisotopic (exact) mass is 463 g/mol. The largest absolute Gasteiger partial charge is 0.469 e. The van der Waals surface area contributed by atoms with Crippen LogP contribution in [0.4, 0.5) is 0 Å². The molecule has 0 spiro atoms. The molecule has 0 unspecified atom stereocenters. The van der Waals surface area contributed by atoms with E-state index in [1.807, 2.05) is 38.1 Å². The number of nitrogens with one attached hydrogen (secondary N) is 1. The van der Waals surface area contributed by atoms with Crippen LogP contribution in [-0.2, 0) is 23.9 Å². The molecule has 1 aliphatic carbocycles. The second kappa shape index (κ2) is 9.71. The van der Waals surface area contributed by atoms with E-state index in [1.165, 1.54) is 6.26 Å². The molecule has 4 rings (SSSR count). The van der Waals surface area contributed by atoms with Crippen LogP contribution in [0.1, 0.15) is 55.9 Å². The van der Waals surface area contributed by atoms with Gasteiger partial charge in [0.1, 0.15) is 11.7 Å². The van der Waals surface area contributed by atoms with Crippen molar-refractivity contribution in [3.05, 3.63) is 82.1 Å². The van der Waals surface area contributed by atoms with Gasteiger partial charge in [-0.05, 0) is 57.4 Å². The van der Waals surface area contributed by atoms with Crippen LogP contribution >= 0.6 is 0 Å². The molecule has 178 valence electrons. The van der Waals surface area contributed by atoms with Gasteiger partial charge in [-0.25, -0.2) is 4.79 Å². The molecule has 0 saturated heterocycles. The van der Waals surface area contributed by atoms with E-state index < -0.39 is 29.7 Å². The minimum absolute atomic E-state index is 0.159. The molecule has 2 aromatic rings. The van der Waals surface area contributed by atoms with Crippen LogP contribution in [0.3, 0.4) is 0 Å². The van der Waals surface area contributed by atoms with Gasteiger partial charge in [-0.1, -0.05) is 24.3 Å². The van der Waals surface area contributed by atoms with Gasteiger partial charge in [0.25, 0.3) is 0 Å². The molecule has 3 atom stereocenters. The molecule has 34 heavy (non-hydrogen) atoms. The van der Waals surface area contributed by atoms with Gasteiger partial charge in [-0.15, -0.1) is 0 Å². The fourth-order valence-electron chi connectivity index (χ4n) is 5.01. The van der Waals surface area contributed by atoms with Crippen molar-refractivity contribution >= 4 is 17.7 Å². The van der Waals surface area contributed by atoms with Gasteiger partial charge in [0.2, 0.25) is 0 Å². The van der Waals surface area contributed by atoms with Gasteiger partial charge < -0.3 is 19.2 Å². The van der Waals surface area contributed by atoms with Gasteiger partial charge in [0.05, 0.1) is 25.1 Å². The number of hydrogen-bond acceptors (Lipinski definition) is 7. The summed E-state index contributed by atoms with van der Waals surface area (Å²) in [4.78, 5) is 40.2. The van der Waals surface area contributed by atoms with E-state index in [9.17, 15) is 14.4 Å². The molecule has 1 N–H and O–H groups in total. The predicted octanol–water partition coefficient (Wildman–Crippen LogP) is 4.30. The summed E-state index contributed by atoms with van der Waals surface area (Å²) in [5.41, 5.74) is 3.86. The van der Waals surface area contributed by atoms with Crippen molar-refractivity contribution < 1.29 is 28.3 Å². The molecule has 0 saturated carbocycles. The summed E-state index contributed by atoms with van der Waals surface area (Å²) in [5.74, 6) is -3.13. The Bertz CT molecular complexity index is 1170. The summed E-state index contributed by atoms with van der Waals surface area (Å²) >= 11 is 0. The number of benzene rings is 1. The van der Waals surface area contributed by atoms with Crippen molar-refractivity contribution in [3.8, 4) is 0 Å². The third kappa shape index (κ3) is 4.06. The molecule has 0 radical (unpaired) electrons. The molecule has 0 fully saturated rings. The highest BCUT2D eigenvalue weighted by molar-refractivity contribution is 6.13. The maximum atomic E-state index is 14.1. The lowest BCUT2D eigenvalue weighted by Gasteiger charge is -2.39. The number of allylic oxidation sites excluding steroid dienone is 3. The lowest BCUT2D eigenvalue weighted by molar-refractivity contribution is -0.152. The molecule has 7 heteroatoms. The lowest BCUT2D eigenvalue weighted by atomic mass is 9.67. The number of carbonyl (C=O) groups is 3. The highest BCUT2D eigenvalue weighted by Gasteiger charge is 2.50. The van der Waals surface area contributed by atoms with Crippen LogP contribution in [0.2, 0.25) is 0 Å². The third-order valence-electron chi connectivity index (χ3n) is 6.46. The third-order valence-corrected chi connectivity index (χ3v) is 6.46. The van der Waals surface area contributed by atoms with Crippen molar-refractivity contribution in [3.63, 3.8) is 0 Å². The summed E-state index contributed by atoms with van der Waals surface area (Å²) < 4.78 is 16.3. The summed E-state index contributed by atoms with van der Waals surface area (Å²) in [5, 5.41) is 3.28. The zero-order chi connectivity index (χ0) is 24.4. The molecule has 2 heterocycles. The number of ether oxygens (including phenoxy) is 2. The minimum Gasteiger partial charge on any atom is -0.469 e. The van der Waals surface area contributed by atoms with E-state index in [2.05, 4.69) is 5.32 Å². The zero-order valence-corrected chi connectivity index (χ0v) is 19.8. The van der Waals surface area contributed by atoms with Gasteiger partial charge in [0.15, 0.2) is 5.78 Å². The number of aryl methyl sites for hydroxylation is 1. The van der Waals surface area contributed by atoms with Crippen LogP contribution in [0, 0.1) is 12.8 Å². The molecule has 1 aliphatic heterocycles. The van der Waals surface area contributed by atoms with E-state index >= 15 is 0 Å². The van der Waals surface area contributed by atoms with Crippen LogP contribution in [0.15, 0.2) is 69.6 Å². The SMILES string of the molecule is CCOC(=O)C1=C(C)NC2=C(C(=O)[C@H](C(=O)OCC)[C@@H](c3ccco3)C2)[C@H]1c1ccccc1C. The number of dihydropyridines is 1. The quantitative estimate of drug-likeness (QED) is 0.504. The summed E-state index contributed by atoms with van der Waals surface area (Å²) in [6.07, 6.45) is 1.90. The molecular weight excluding hydrogens is 434 g/mol. The lowest BCUT2D eigenvalue weighted by Crippen LogP contribution is -2.43. The first-order valence-electron chi connectivity index (χ1n) is 11.6. The number of Topliss-reactive ketones (excluding diaryl/α,β-unsaturated/α-hetero) is 1. The summed E-state index contributed by atoms with van der Waals surface area (Å²) in [7, 11) is 0. The Balaban J connectivity index is 1.90. The highest BCUT2D eigenvalue weighted by atomic mass is 16.5. The Morgan fingerprint density at radius 1 is 1.06 bits per heavy atom. The second-order valence-electron chi connectivity index (χ2n) is 8.49. The maximum absolute atomic E-state index is 14.1. The standard InChI is InChI=1S/C27H29NO6/c1-5-32-26(30)21-16(4)28-19-14-18(20-12-9-13-34-20)23(27(31)33-6-2)25(29)24(19)22(21)17-11-8-7-10-15(17)3/h7-13,18,22-23,28H,5-6,14H2,1-4H3/t18-,22+,23-/m1/s1. The fourth-order valence-corrected chi connectivity index (χ4v) is 5.01. The molecule has 1 aromatic heterocycles. The van der Waals surface area contributed by atoms with Gasteiger partial charge in [-0.2, -0.15) is 0 Å². The molecule has 7 nitrogen and oxygen atoms in total. The van der Waals surface area contributed by atoms with Gasteiger partial charge >= 0.3 is 11.9 Å². The minimum atomic E-state index is -1.07. The van der Waals surface area contributed by atoms with Crippen molar-refractivity contribution in [1.29, 1.82) is 0 Å². The molecular formula is C27H29NO6. The number of ketones is 1. The van der Waals surface area contributed by atoms with Crippen LogP contribution in [0.5, 0.6) is 0 Å². The number of carbonyl (C=O) groups excluding carboxylic acids is 3. The van der Waals surface area contributed by atoms with E-state index in [-0.39, 0.29) is 19.0 Å². The Morgan fingerprint density at radius 3 is 2.44 bits per heavy atom. The fraction of sp³-hybridized carbons (Fsp3) is 0.370. The normalized spacial score (nSPS) is 22.2. The predicted molar refractivity (Wildman–Crippen MR) is 125 cm³/mol. The number of esters is 2. The highest BCUT2D eigenvalue weighted by Crippen LogP contribution is 2.48. The second-order valence-corrected chi connectivity index (χ2v) is 8.49. The van der Waals surface area contributed by atoms with E-state index in [4.69, 9.17) is 13.9 Å². The van der Waals surface area contributed by atoms with Crippen LogP contribution in [0.25, 0.3) is 0 Å². The van der Waals surface area contributed by atoms with E-state index in [0.29, 0.717) is 34.7 Å². The van der Waals surface area contributed by atoms with Gasteiger partial charge in [0, 0.05) is 28.8 Å². The van der Waals surface area contributed by atoms with E-state index in [1.54, 1.807) is 26.0 Å². The van der Waals surface area contributed by atoms with Crippen LogP contribution < -0.4 is 5.32 Å². The molecule has 0 amide bonds. The maximum Gasteiger partial charge on any atom is 0.336 e. The van der Waals surface area contributed by atoms with Crippen molar-refractivity contribution in [2.45, 2.75) is 46.0 Å². The zero-order valence-electron chi connectivity index (χ0n) is 19.8. The van der Waals surface area contributed by atoms with Crippen molar-refractivity contribution in [2.75, 3.05) is 13.2 Å². The molecule has 0 bridgehead atoms. The number of furan rings is 1. The number of rotatable bonds is 6. The average molecular weight is 464 g/mol. The summed E-state index contributed by atoms with van der Waals surface area (Å²) in [6, 6.07) is 11.1. The summed E-state index contributed by atoms with van der Waals surface area (Å²) in [6.45, 7) is 7.58. The Kier molecular flexibility index (Phi) is 6.72.